The molecule has 1 aliphatic rings. The van der Waals surface area contributed by atoms with Crippen LogP contribution in [0.25, 0.3) is 0 Å². The number of hydrogen-bond donors (Lipinski definition) is 1. The van der Waals surface area contributed by atoms with Crippen LogP contribution in [0.5, 0.6) is 0 Å². The molecule has 0 spiro atoms. The van der Waals surface area contributed by atoms with Gasteiger partial charge in [0.1, 0.15) is 6.04 Å². The summed E-state index contributed by atoms with van der Waals surface area (Å²) in [5.41, 5.74) is 2.25. The zero-order valence-electron chi connectivity index (χ0n) is 18.4. The zero-order chi connectivity index (χ0) is 23.6. The van der Waals surface area contributed by atoms with E-state index in [0.29, 0.717) is 36.1 Å². The summed E-state index contributed by atoms with van der Waals surface area (Å²) in [6, 6.07) is 13.1. The highest BCUT2D eigenvalue weighted by Gasteiger charge is 2.39. The van der Waals surface area contributed by atoms with Crippen molar-refractivity contribution >= 4 is 33.5 Å². The summed E-state index contributed by atoms with van der Waals surface area (Å²) in [5, 5.41) is 10.9. The fourth-order valence-corrected chi connectivity index (χ4v) is 5.57. The summed E-state index contributed by atoms with van der Waals surface area (Å²) >= 11 is 5.87. The number of halogens is 1. The largest absolute Gasteiger partial charge is 0.407 e. The van der Waals surface area contributed by atoms with E-state index >= 15 is 0 Å². The predicted octanol–water partition coefficient (Wildman–Crippen LogP) is 4.23. The molecule has 1 amide bonds. The minimum Gasteiger partial charge on any atom is -0.407 e. The van der Waals surface area contributed by atoms with Crippen LogP contribution < -0.4 is 5.32 Å². The van der Waals surface area contributed by atoms with Crippen LogP contribution in [0.4, 0.5) is 6.01 Å². The lowest BCUT2D eigenvalue weighted by molar-refractivity contribution is -0.119. The molecule has 0 saturated carbocycles. The van der Waals surface area contributed by atoms with Crippen LogP contribution in [0, 0.1) is 0 Å². The third kappa shape index (κ3) is 5.26. The van der Waals surface area contributed by atoms with E-state index in [2.05, 4.69) is 41.5 Å². The molecule has 1 atom stereocenters. The Balaban J connectivity index is 1.42. The summed E-state index contributed by atoms with van der Waals surface area (Å²) in [4.78, 5) is 13.0. The normalized spacial score (nSPS) is 16.9. The second-order valence-electron chi connectivity index (χ2n) is 8.29. The Morgan fingerprint density at radius 1 is 1.15 bits per heavy atom. The van der Waals surface area contributed by atoms with Crippen molar-refractivity contribution < 1.29 is 17.6 Å². The van der Waals surface area contributed by atoms with Crippen molar-refractivity contribution in [3.05, 3.63) is 70.6 Å². The first kappa shape index (κ1) is 23.4. The van der Waals surface area contributed by atoms with E-state index in [1.807, 2.05) is 12.1 Å². The molecule has 4 rings (SSSR count). The third-order valence-corrected chi connectivity index (χ3v) is 7.80. The number of aromatic nitrogens is 2. The van der Waals surface area contributed by atoms with E-state index in [1.165, 1.54) is 34.1 Å². The van der Waals surface area contributed by atoms with E-state index in [-0.39, 0.29) is 17.5 Å². The first-order chi connectivity index (χ1) is 15.7. The van der Waals surface area contributed by atoms with Crippen molar-refractivity contribution in [2.45, 2.75) is 50.0 Å². The number of carbonyl (C=O) groups excluding carboxylic acids is 1. The molecular weight excluding hydrogens is 464 g/mol. The number of hydrogen-bond acceptors (Lipinski definition) is 6. The number of nitrogens with zero attached hydrogens (tertiary/aromatic N) is 3. The van der Waals surface area contributed by atoms with E-state index in [1.54, 1.807) is 0 Å². The fraction of sp³-hybridized carbons (Fsp3) is 0.348. The SMILES string of the molecule is CC(C)c1ccc(Cc2nnc(NC(=O)C3CCCN3S(=O)(=O)c3ccc(Cl)cc3)o2)cc1. The van der Waals surface area contributed by atoms with Gasteiger partial charge in [-0.15, -0.1) is 5.10 Å². The van der Waals surface area contributed by atoms with Gasteiger partial charge in [-0.25, -0.2) is 8.42 Å². The molecule has 3 aromatic rings. The smallest absolute Gasteiger partial charge is 0.322 e. The lowest BCUT2D eigenvalue weighted by atomic mass is 10.0. The number of benzene rings is 2. The maximum Gasteiger partial charge on any atom is 0.322 e. The van der Waals surface area contributed by atoms with Gasteiger partial charge in [0.25, 0.3) is 0 Å². The van der Waals surface area contributed by atoms with Gasteiger partial charge in [-0.1, -0.05) is 54.8 Å². The molecule has 0 bridgehead atoms. The Hall–Kier alpha value is -2.75. The van der Waals surface area contributed by atoms with Gasteiger partial charge in [-0.3, -0.25) is 10.1 Å². The Bertz CT molecular complexity index is 1220. The highest BCUT2D eigenvalue weighted by molar-refractivity contribution is 7.89. The topological polar surface area (TPSA) is 105 Å². The molecule has 1 aromatic heterocycles. The summed E-state index contributed by atoms with van der Waals surface area (Å²) < 4.78 is 32.9. The number of amides is 1. The van der Waals surface area contributed by atoms with E-state index in [9.17, 15) is 13.2 Å². The molecule has 33 heavy (non-hydrogen) atoms. The maximum absolute atomic E-state index is 13.0. The van der Waals surface area contributed by atoms with Gasteiger partial charge in [0.15, 0.2) is 0 Å². The van der Waals surface area contributed by atoms with Crippen molar-refractivity contribution in [2.24, 2.45) is 0 Å². The Kier molecular flexibility index (Phi) is 6.83. The van der Waals surface area contributed by atoms with Crippen molar-refractivity contribution in [1.29, 1.82) is 0 Å². The third-order valence-electron chi connectivity index (χ3n) is 5.63. The number of carbonyl (C=O) groups is 1. The standard InChI is InChI=1S/C23H25ClN4O4S/c1-15(2)17-7-5-16(6-8-17)14-21-26-27-23(32-21)25-22(29)20-4-3-13-28(20)33(30,31)19-11-9-18(24)10-12-19/h5-12,15,20H,3-4,13-14H2,1-2H3,(H,25,27,29). The van der Waals surface area contributed by atoms with E-state index in [0.717, 1.165) is 5.56 Å². The maximum atomic E-state index is 13.0. The predicted molar refractivity (Wildman–Crippen MR) is 125 cm³/mol. The first-order valence-electron chi connectivity index (χ1n) is 10.7. The van der Waals surface area contributed by atoms with Crippen LogP contribution in [0.2, 0.25) is 5.02 Å². The van der Waals surface area contributed by atoms with Gasteiger partial charge in [0.05, 0.1) is 11.3 Å². The second-order valence-corrected chi connectivity index (χ2v) is 10.6. The molecule has 0 radical (unpaired) electrons. The van der Waals surface area contributed by atoms with Crippen molar-refractivity contribution in [2.75, 3.05) is 11.9 Å². The molecule has 2 heterocycles. The van der Waals surface area contributed by atoms with Gasteiger partial charge < -0.3 is 4.42 Å². The van der Waals surface area contributed by atoms with Gasteiger partial charge in [-0.05, 0) is 54.2 Å². The van der Waals surface area contributed by atoms with Crippen LogP contribution in [0.3, 0.4) is 0 Å². The molecule has 174 valence electrons. The molecule has 1 N–H and O–H groups in total. The molecule has 1 aliphatic heterocycles. The molecule has 2 aromatic carbocycles. The molecule has 0 aliphatic carbocycles. The van der Waals surface area contributed by atoms with Crippen LogP contribution in [-0.2, 0) is 21.2 Å². The first-order valence-corrected chi connectivity index (χ1v) is 12.6. The number of sulfonamides is 1. The lowest BCUT2D eigenvalue weighted by Gasteiger charge is -2.22. The average molecular weight is 489 g/mol. The Morgan fingerprint density at radius 2 is 1.85 bits per heavy atom. The molecule has 1 unspecified atom stereocenters. The van der Waals surface area contributed by atoms with Gasteiger partial charge in [0.2, 0.25) is 21.8 Å². The Labute approximate surface area is 198 Å². The van der Waals surface area contributed by atoms with Gasteiger partial charge in [-0.2, -0.15) is 4.31 Å². The lowest BCUT2D eigenvalue weighted by Crippen LogP contribution is -2.43. The van der Waals surface area contributed by atoms with E-state index in [4.69, 9.17) is 16.0 Å². The van der Waals surface area contributed by atoms with Gasteiger partial charge >= 0.3 is 6.01 Å². The fourth-order valence-electron chi connectivity index (χ4n) is 3.79. The minimum atomic E-state index is -3.84. The molecule has 10 heteroatoms. The molecule has 1 saturated heterocycles. The minimum absolute atomic E-state index is 0.0514. The Morgan fingerprint density at radius 3 is 2.52 bits per heavy atom. The van der Waals surface area contributed by atoms with Crippen LogP contribution >= 0.6 is 11.6 Å². The summed E-state index contributed by atoms with van der Waals surface area (Å²) in [6.45, 7) is 4.52. The van der Waals surface area contributed by atoms with Crippen LogP contribution in [0.15, 0.2) is 57.8 Å². The monoisotopic (exact) mass is 488 g/mol. The molecule has 8 nitrogen and oxygen atoms in total. The number of rotatable bonds is 7. The number of anilines is 1. The average Bonchev–Trinajstić information content (AvgIpc) is 3.44. The van der Waals surface area contributed by atoms with Crippen molar-refractivity contribution in [3.8, 4) is 0 Å². The van der Waals surface area contributed by atoms with Gasteiger partial charge in [0, 0.05) is 11.6 Å². The zero-order valence-corrected chi connectivity index (χ0v) is 19.9. The summed E-state index contributed by atoms with van der Waals surface area (Å²) in [5.74, 6) is 0.309. The summed E-state index contributed by atoms with van der Waals surface area (Å²) in [7, 11) is -3.84. The van der Waals surface area contributed by atoms with Crippen LogP contribution in [-0.4, -0.2) is 41.4 Å². The van der Waals surface area contributed by atoms with Crippen LogP contribution in [0.1, 0.15) is 49.6 Å². The molecule has 1 fully saturated rings. The highest BCUT2D eigenvalue weighted by atomic mass is 35.5. The molecular formula is C23H25ClN4O4S. The summed E-state index contributed by atoms with van der Waals surface area (Å²) in [6.07, 6.45) is 1.41. The van der Waals surface area contributed by atoms with Crippen molar-refractivity contribution in [3.63, 3.8) is 0 Å². The van der Waals surface area contributed by atoms with E-state index < -0.39 is 22.0 Å². The highest BCUT2D eigenvalue weighted by Crippen LogP contribution is 2.28. The second kappa shape index (κ2) is 9.62. The van der Waals surface area contributed by atoms with Crippen molar-refractivity contribution in [1.82, 2.24) is 14.5 Å². The number of nitrogens with one attached hydrogen (secondary N) is 1. The quantitative estimate of drug-likeness (QED) is 0.533.